The quantitative estimate of drug-likeness (QED) is 0.721. The Kier molecular flexibility index (Phi) is 3.76. The van der Waals surface area contributed by atoms with Gasteiger partial charge < -0.3 is 5.32 Å². The summed E-state index contributed by atoms with van der Waals surface area (Å²) >= 11 is 1.24. The predicted molar refractivity (Wildman–Crippen MR) is 85.5 cm³/mol. The van der Waals surface area contributed by atoms with E-state index in [0.717, 1.165) is 33.7 Å². The van der Waals surface area contributed by atoms with Crippen LogP contribution >= 0.6 is 11.9 Å². The summed E-state index contributed by atoms with van der Waals surface area (Å²) in [5.41, 5.74) is 2.89. The van der Waals surface area contributed by atoms with Crippen LogP contribution in [0.15, 0.2) is 35.5 Å². The summed E-state index contributed by atoms with van der Waals surface area (Å²) in [5, 5.41) is 14.1. The molecule has 1 aromatic carbocycles. The molecule has 0 radical (unpaired) electrons. The summed E-state index contributed by atoms with van der Waals surface area (Å²) in [6, 6.07) is 6.00. The first-order valence-electron chi connectivity index (χ1n) is 6.64. The van der Waals surface area contributed by atoms with E-state index in [2.05, 4.69) is 20.4 Å². The Labute approximate surface area is 126 Å². The van der Waals surface area contributed by atoms with E-state index >= 15 is 0 Å². The molecule has 108 valence electrons. The third-order valence-corrected chi connectivity index (χ3v) is 3.94. The maximum Gasteiger partial charge on any atom is 0.229 e. The van der Waals surface area contributed by atoms with Crippen molar-refractivity contribution in [2.45, 2.75) is 25.3 Å². The van der Waals surface area contributed by atoms with Gasteiger partial charge in [0.05, 0.1) is 11.6 Å². The Hall–Kier alpha value is -2.12. The Morgan fingerprint density at radius 2 is 2.19 bits per heavy atom. The summed E-state index contributed by atoms with van der Waals surface area (Å²) in [7, 11) is 0. The van der Waals surface area contributed by atoms with E-state index in [1.165, 1.54) is 11.9 Å². The number of hydrogen-bond acceptors (Lipinski definition) is 6. The van der Waals surface area contributed by atoms with Gasteiger partial charge in [0, 0.05) is 23.3 Å². The van der Waals surface area contributed by atoms with Gasteiger partial charge in [0.2, 0.25) is 5.95 Å². The van der Waals surface area contributed by atoms with Crippen molar-refractivity contribution in [1.82, 2.24) is 19.7 Å². The third-order valence-electron chi connectivity index (χ3n) is 3.25. The van der Waals surface area contributed by atoms with Crippen molar-refractivity contribution in [2.75, 3.05) is 5.32 Å². The normalized spacial score (nSPS) is 11.0. The number of nitrogens with two attached hydrogens (primary N) is 1. The van der Waals surface area contributed by atoms with Gasteiger partial charge in [-0.3, -0.25) is 5.14 Å². The van der Waals surface area contributed by atoms with Gasteiger partial charge in [-0.05, 0) is 43.5 Å². The molecule has 0 aliphatic heterocycles. The van der Waals surface area contributed by atoms with Crippen molar-refractivity contribution in [3.8, 4) is 0 Å². The number of anilines is 2. The lowest BCUT2D eigenvalue weighted by molar-refractivity contribution is 0.676. The standard InChI is InChI=1S/C14H16N6S/c1-3-20-13-10(8-17-20)7-16-14(19-13)18-11-5-4-9(2)12(6-11)21-15/h4-8H,3,15H2,1-2H3,(H,16,18,19). The summed E-state index contributed by atoms with van der Waals surface area (Å²) in [4.78, 5) is 9.86. The number of nitrogens with zero attached hydrogens (tertiary/aromatic N) is 4. The third kappa shape index (κ3) is 2.70. The summed E-state index contributed by atoms with van der Waals surface area (Å²) < 4.78 is 1.85. The number of benzene rings is 1. The van der Waals surface area contributed by atoms with Gasteiger partial charge >= 0.3 is 0 Å². The van der Waals surface area contributed by atoms with E-state index < -0.39 is 0 Å². The SMILES string of the molecule is CCn1ncc2cnc(Nc3ccc(C)c(SN)c3)nc21. The van der Waals surface area contributed by atoms with Crippen LogP contribution < -0.4 is 10.5 Å². The van der Waals surface area contributed by atoms with Gasteiger partial charge in [-0.15, -0.1) is 0 Å². The maximum atomic E-state index is 5.66. The minimum Gasteiger partial charge on any atom is -0.324 e. The molecule has 0 saturated heterocycles. The minimum absolute atomic E-state index is 0.550. The number of aromatic nitrogens is 4. The fraction of sp³-hybridized carbons (Fsp3) is 0.214. The lowest BCUT2D eigenvalue weighted by Gasteiger charge is -2.08. The Balaban J connectivity index is 1.94. The first-order valence-corrected chi connectivity index (χ1v) is 7.52. The smallest absolute Gasteiger partial charge is 0.229 e. The molecule has 0 atom stereocenters. The number of hydrogen-bond donors (Lipinski definition) is 2. The second kappa shape index (κ2) is 5.71. The van der Waals surface area contributed by atoms with Gasteiger partial charge in [0.15, 0.2) is 5.65 Å². The molecule has 3 rings (SSSR count). The number of fused-ring (bicyclic) bond motifs is 1. The molecule has 0 aliphatic carbocycles. The zero-order chi connectivity index (χ0) is 14.8. The largest absolute Gasteiger partial charge is 0.324 e. The van der Waals surface area contributed by atoms with Crippen LogP contribution in [0.2, 0.25) is 0 Å². The maximum absolute atomic E-state index is 5.66. The van der Waals surface area contributed by atoms with Crippen LogP contribution in [-0.4, -0.2) is 19.7 Å². The van der Waals surface area contributed by atoms with Gasteiger partial charge in [-0.2, -0.15) is 10.1 Å². The highest BCUT2D eigenvalue weighted by Gasteiger charge is 2.06. The first kappa shape index (κ1) is 13.8. The molecule has 0 amide bonds. The Bertz CT molecular complexity index is 782. The fourth-order valence-corrected chi connectivity index (χ4v) is 2.54. The molecular weight excluding hydrogens is 284 g/mol. The molecule has 0 unspecified atom stereocenters. The molecule has 3 N–H and O–H groups in total. The van der Waals surface area contributed by atoms with Gasteiger partial charge in [0.25, 0.3) is 0 Å². The number of rotatable bonds is 4. The molecule has 3 aromatic rings. The molecule has 2 heterocycles. The highest BCUT2D eigenvalue weighted by Crippen LogP contribution is 2.24. The number of aryl methyl sites for hydroxylation is 2. The van der Waals surface area contributed by atoms with E-state index in [4.69, 9.17) is 5.14 Å². The molecule has 6 nitrogen and oxygen atoms in total. The van der Waals surface area contributed by atoms with Crippen LogP contribution in [0.4, 0.5) is 11.6 Å². The van der Waals surface area contributed by atoms with Crippen molar-refractivity contribution in [3.63, 3.8) is 0 Å². The molecule has 0 fully saturated rings. The second-order valence-electron chi connectivity index (χ2n) is 4.66. The van der Waals surface area contributed by atoms with Gasteiger partial charge in [-0.1, -0.05) is 6.07 Å². The molecule has 2 aromatic heterocycles. The van der Waals surface area contributed by atoms with E-state index in [9.17, 15) is 0 Å². The zero-order valence-electron chi connectivity index (χ0n) is 11.9. The van der Waals surface area contributed by atoms with Crippen LogP contribution in [0.5, 0.6) is 0 Å². The topological polar surface area (TPSA) is 81.7 Å². The van der Waals surface area contributed by atoms with E-state index in [1.807, 2.05) is 36.7 Å². The molecule has 0 saturated carbocycles. The summed E-state index contributed by atoms with van der Waals surface area (Å²) in [6.07, 6.45) is 3.55. The van der Waals surface area contributed by atoms with Crippen molar-refractivity contribution in [3.05, 3.63) is 36.2 Å². The van der Waals surface area contributed by atoms with Gasteiger partial charge in [0.1, 0.15) is 0 Å². The highest BCUT2D eigenvalue weighted by molar-refractivity contribution is 7.97. The summed E-state index contributed by atoms with van der Waals surface area (Å²) in [6.45, 7) is 4.84. The molecule has 0 aliphatic rings. The second-order valence-corrected chi connectivity index (χ2v) is 5.33. The zero-order valence-corrected chi connectivity index (χ0v) is 12.7. The van der Waals surface area contributed by atoms with Crippen molar-refractivity contribution in [2.24, 2.45) is 5.14 Å². The first-order chi connectivity index (χ1) is 10.2. The molecule has 7 heteroatoms. The number of nitrogens with one attached hydrogen (secondary N) is 1. The molecule has 0 spiro atoms. The monoisotopic (exact) mass is 300 g/mol. The van der Waals surface area contributed by atoms with Crippen LogP contribution in [0.1, 0.15) is 12.5 Å². The Morgan fingerprint density at radius 1 is 1.33 bits per heavy atom. The van der Waals surface area contributed by atoms with Crippen LogP contribution in [0.3, 0.4) is 0 Å². The molecule has 21 heavy (non-hydrogen) atoms. The van der Waals surface area contributed by atoms with Crippen molar-refractivity contribution in [1.29, 1.82) is 0 Å². The average Bonchev–Trinajstić information content (AvgIpc) is 2.91. The molecule has 0 bridgehead atoms. The molecular formula is C14H16N6S. The van der Waals surface area contributed by atoms with Gasteiger partial charge in [-0.25, -0.2) is 9.67 Å². The van der Waals surface area contributed by atoms with Crippen molar-refractivity contribution >= 4 is 34.6 Å². The van der Waals surface area contributed by atoms with E-state index in [0.29, 0.717) is 5.95 Å². The van der Waals surface area contributed by atoms with Crippen molar-refractivity contribution < 1.29 is 0 Å². The lowest BCUT2D eigenvalue weighted by atomic mass is 10.2. The van der Waals surface area contributed by atoms with E-state index in [1.54, 1.807) is 12.4 Å². The average molecular weight is 300 g/mol. The predicted octanol–water partition coefficient (Wildman–Crippen LogP) is 2.86. The van der Waals surface area contributed by atoms with Crippen LogP contribution in [-0.2, 0) is 6.54 Å². The summed E-state index contributed by atoms with van der Waals surface area (Å²) in [5.74, 6) is 0.550. The lowest BCUT2D eigenvalue weighted by Crippen LogP contribution is -2.01. The van der Waals surface area contributed by atoms with E-state index in [-0.39, 0.29) is 0 Å². The van der Waals surface area contributed by atoms with Crippen LogP contribution in [0.25, 0.3) is 11.0 Å². The fourth-order valence-electron chi connectivity index (χ4n) is 2.09. The Morgan fingerprint density at radius 3 is 2.95 bits per heavy atom. The highest BCUT2D eigenvalue weighted by atomic mass is 32.2. The van der Waals surface area contributed by atoms with Crippen LogP contribution in [0, 0.1) is 6.92 Å². The minimum atomic E-state index is 0.550.